The van der Waals surface area contributed by atoms with Gasteiger partial charge in [0, 0.05) is 0 Å². The molecule has 0 unspecified atom stereocenters. The largest absolute Gasteiger partial charge is 0.375 e. The molecule has 3 heteroatoms. The molecular weight excluding hydrogens is 396 g/mol. The predicted molar refractivity (Wildman–Crippen MR) is 134 cm³/mol. The molecule has 0 radical (unpaired) electrons. The van der Waals surface area contributed by atoms with Crippen molar-refractivity contribution in [2.75, 3.05) is 5.73 Å². The average Bonchev–Trinajstić information content (AvgIpc) is 3.26. The van der Waals surface area contributed by atoms with Gasteiger partial charge >= 0.3 is 0 Å². The van der Waals surface area contributed by atoms with Crippen molar-refractivity contribution in [3.05, 3.63) is 16.6 Å². The van der Waals surface area contributed by atoms with E-state index in [-0.39, 0.29) is 0 Å². The third-order valence-corrected chi connectivity index (χ3v) is 11.5. The molecule has 0 aliphatic heterocycles. The summed E-state index contributed by atoms with van der Waals surface area (Å²) in [6.07, 6.45) is 16.4. The van der Waals surface area contributed by atoms with Crippen LogP contribution in [0.25, 0.3) is 5.57 Å². The van der Waals surface area contributed by atoms with Crippen molar-refractivity contribution >= 4 is 22.0 Å². The first kappa shape index (κ1) is 22.0. The lowest BCUT2D eigenvalue weighted by Crippen LogP contribution is -2.49. The Balaban J connectivity index is 1.37. The van der Waals surface area contributed by atoms with Crippen molar-refractivity contribution in [1.29, 1.82) is 0 Å². The number of nitrogens with zero attached hydrogens (tertiary/aromatic N) is 1. The lowest BCUT2D eigenvalue weighted by atomic mass is 9.47. The molecule has 0 spiro atoms. The second-order valence-electron chi connectivity index (χ2n) is 12.5. The molecular formula is C28H44N2S. The number of hydrogen-bond acceptors (Lipinski definition) is 3. The van der Waals surface area contributed by atoms with Crippen LogP contribution in [0.4, 0.5) is 5.13 Å². The first-order chi connectivity index (χ1) is 14.7. The van der Waals surface area contributed by atoms with Crippen LogP contribution in [0.15, 0.2) is 6.08 Å². The van der Waals surface area contributed by atoms with Crippen molar-refractivity contribution in [3.8, 4) is 0 Å². The Morgan fingerprint density at radius 2 is 1.90 bits per heavy atom. The Morgan fingerprint density at radius 1 is 1.10 bits per heavy atom. The minimum Gasteiger partial charge on any atom is -0.375 e. The summed E-state index contributed by atoms with van der Waals surface area (Å²) >= 11 is 1.74. The van der Waals surface area contributed by atoms with Crippen molar-refractivity contribution in [2.45, 2.75) is 98.8 Å². The van der Waals surface area contributed by atoms with E-state index in [1.54, 1.807) is 16.9 Å². The Bertz CT molecular complexity index is 853. The summed E-state index contributed by atoms with van der Waals surface area (Å²) in [5.74, 6) is 5.38. The van der Waals surface area contributed by atoms with Crippen LogP contribution in [-0.4, -0.2) is 4.98 Å². The van der Waals surface area contributed by atoms with Crippen LogP contribution in [0.3, 0.4) is 0 Å². The fraction of sp³-hybridized carbons (Fsp3) is 0.821. The quantitative estimate of drug-likeness (QED) is 0.504. The average molecular weight is 441 g/mol. The topological polar surface area (TPSA) is 38.9 Å². The molecule has 31 heavy (non-hydrogen) atoms. The summed E-state index contributed by atoms with van der Waals surface area (Å²) in [5.41, 5.74) is 9.93. The Morgan fingerprint density at radius 3 is 2.68 bits per heavy atom. The van der Waals surface area contributed by atoms with E-state index in [0.717, 1.165) is 47.1 Å². The number of thiazole rings is 1. The van der Waals surface area contributed by atoms with Gasteiger partial charge in [-0.25, -0.2) is 4.98 Å². The first-order valence-corrected chi connectivity index (χ1v) is 14.0. The van der Waals surface area contributed by atoms with E-state index >= 15 is 0 Å². The molecule has 1 aromatic rings. The van der Waals surface area contributed by atoms with Gasteiger partial charge < -0.3 is 5.73 Å². The van der Waals surface area contributed by atoms with Gasteiger partial charge in [-0.05, 0) is 96.9 Å². The van der Waals surface area contributed by atoms with E-state index in [1.807, 2.05) is 0 Å². The normalized spacial score (nSPS) is 40.0. The smallest absolute Gasteiger partial charge is 0.180 e. The molecule has 2 nitrogen and oxygen atoms in total. The highest BCUT2D eigenvalue weighted by Gasteiger charge is 2.59. The summed E-state index contributed by atoms with van der Waals surface area (Å²) in [5, 5.41) is 0.763. The number of nitrogen functional groups attached to an aromatic ring is 1. The summed E-state index contributed by atoms with van der Waals surface area (Å²) < 4.78 is 0. The van der Waals surface area contributed by atoms with E-state index in [9.17, 15) is 0 Å². The molecule has 2 N–H and O–H groups in total. The third-order valence-electron chi connectivity index (χ3n) is 10.5. The second kappa shape index (κ2) is 7.89. The molecule has 2 saturated carbocycles. The van der Waals surface area contributed by atoms with Gasteiger partial charge in [-0.15, -0.1) is 0 Å². The standard InChI is InChI=1S/C28H44N2S/c1-17(2)7-6-8-18(3)20-11-12-21-19-9-10-23-25-24(30-26(29)31-25)14-16-28(23,5)22(19)13-15-27(20,21)4/h10,17-22H,6-9,11-16H2,1-5H3,(H2,29,30)/t18-,19+,20-,21+,22+,27-,28-/m1/s1. The zero-order valence-electron chi connectivity index (χ0n) is 20.5. The number of nitrogens with two attached hydrogens (primary N) is 1. The van der Waals surface area contributed by atoms with Crippen molar-refractivity contribution in [1.82, 2.24) is 4.98 Å². The second-order valence-corrected chi connectivity index (χ2v) is 13.5. The number of aromatic nitrogens is 1. The SMILES string of the molecule is CC(C)CCC[C@@H](C)[C@H]1CC[C@H]2[C@@H]3CC=C4c5sc(N)nc5CC[C@]4(C)[C@H]3CC[C@]12C. The molecule has 7 atom stereocenters. The molecule has 1 aromatic heterocycles. The van der Waals surface area contributed by atoms with E-state index < -0.39 is 0 Å². The molecule has 0 saturated heterocycles. The zero-order chi connectivity index (χ0) is 22.0. The van der Waals surface area contributed by atoms with Gasteiger partial charge in [0.25, 0.3) is 0 Å². The van der Waals surface area contributed by atoms with Crippen LogP contribution in [0.5, 0.6) is 0 Å². The number of anilines is 1. The Labute approximate surface area is 194 Å². The molecule has 4 aliphatic carbocycles. The lowest BCUT2D eigenvalue weighted by molar-refractivity contribution is -0.0392. The predicted octanol–water partition coefficient (Wildman–Crippen LogP) is 7.99. The van der Waals surface area contributed by atoms with Gasteiger partial charge in [0.15, 0.2) is 5.13 Å². The highest BCUT2D eigenvalue weighted by atomic mass is 32.1. The van der Waals surface area contributed by atoms with Crippen LogP contribution in [0.1, 0.15) is 103 Å². The maximum Gasteiger partial charge on any atom is 0.180 e. The van der Waals surface area contributed by atoms with Gasteiger partial charge in [-0.2, -0.15) is 0 Å². The molecule has 2 fully saturated rings. The Hall–Kier alpha value is -0.830. The van der Waals surface area contributed by atoms with Gasteiger partial charge in [0.1, 0.15) is 0 Å². The van der Waals surface area contributed by atoms with Crippen molar-refractivity contribution in [2.24, 2.45) is 46.3 Å². The Kier molecular flexibility index (Phi) is 5.59. The number of fused-ring (bicyclic) bond motifs is 7. The van der Waals surface area contributed by atoms with Gasteiger partial charge in [0.05, 0.1) is 10.6 Å². The number of allylic oxidation sites excluding steroid dienone is 2. The van der Waals surface area contributed by atoms with Crippen LogP contribution < -0.4 is 5.73 Å². The molecule has 1 heterocycles. The summed E-state index contributed by atoms with van der Waals surface area (Å²) in [6.45, 7) is 12.6. The highest BCUT2D eigenvalue weighted by Crippen LogP contribution is 2.68. The van der Waals surface area contributed by atoms with E-state index in [2.05, 4.69) is 45.7 Å². The first-order valence-electron chi connectivity index (χ1n) is 13.2. The number of hydrogen-bond donors (Lipinski definition) is 1. The van der Waals surface area contributed by atoms with Gasteiger partial charge in [0.2, 0.25) is 0 Å². The molecule has 4 aliphatic rings. The van der Waals surface area contributed by atoms with Crippen LogP contribution in [0, 0.1) is 46.3 Å². The summed E-state index contributed by atoms with van der Waals surface area (Å²) in [7, 11) is 0. The van der Waals surface area contributed by atoms with Crippen molar-refractivity contribution < 1.29 is 0 Å². The maximum absolute atomic E-state index is 6.12. The zero-order valence-corrected chi connectivity index (χ0v) is 21.4. The van der Waals surface area contributed by atoms with Gasteiger partial charge in [-0.1, -0.05) is 71.3 Å². The van der Waals surface area contributed by atoms with Gasteiger partial charge in [-0.3, -0.25) is 0 Å². The highest BCUT2D eigenvalue weighted by molar-refractivity contribution is 7.16. The van der Waals surface area contributed by atoms with Crippen LogP contribution >= 0.6 is 11.3 Å². The molecule has 0 aromatic carbocycles. The minimum absolute atomic E-state index is 0.344. The number of aryl methyl sites for hydroxylation is 1. The monoisotopic (exact) mass is 440 g/mol. The van der Waals surface area contributed by atoms with E-state index in [1.165, 1.54) is 68.4 Å². The number of rotatable bonds is 5. The molecule has 172 valence electrons. The van der Waals surface area contributed by atoms with E-state index in [4.69, 9.17) is 5.73 Å². The van der Waals surface area contributed by atoms with Crippen LogP contribution in [-0.2, 0) is 6.42 Å². The summed E-state index contributed by atoms with van der Waals surface area (Å²) in [4.78, 5) is 6.09. The minimum atomic E-state index is 0.344. The molecule has 5 rings (SSSR count). The lowest BCUT2D eigenvalue weighted by Gasteiger charge is -2.57. The molecule has 0 bridgehead atoms. The van der Waals surface area contributed by atoms with Crippen LogP contribution in [0.2, 0.25) is 0 Å². The maximum atomic E-state index is 6.12. The third kappa shape index (κ3) is 3.44. The fourth-order valence-corrected chi connectivity index (χ4v) is 9.98. The molecule has 0 amide bonds. The fourth-order valence-electron chi connectivity index (χ4n) is 8.92. The van der Waals surface area contributed by atoms with E-state index in [0.29, 0.717) is 10.8 Å². The van der Waals surface area contributed by atoms with Crippen molar-refractivity contribution in [3.63, 3.8) is 0 Å². The summed E-state index contributed by atoms with van der Waals surface area (Å²) in [6, 6.07) is 0.